The molecule has 1 heterocycles. The van der Waals surface area contributed by atoms with E-state index < -0.39 is 11.7 Å². The Labute approximate surface area is 129 Å². The third-order valence-electron chi connectivity index (χ3n) is 3.45. The van der Waals surface area contributed by atoms with Gasteiger partial charge in [0.05, 0.1) is 6.20 Å². The summed E-state index contributed by atoms with van der Waals surface area (Å²) in [6, 6.07) is 9.00. The van der Waals surface area contributed by atoms with Crippen LogP contribution < -0.4 is 16.8 Å². The van der Waals surface area contributed by atoms with Crippen LogP contribution in [-0.4, -0.2) is 21.2 Å². The minimum Gasteiger partial charge on any atom is -0.352 e. The Balaban J connectivity index is 2.41. The number of aromatic nitrogens is 2. The molecule has 0 unspecified atom stereocenters. The van der Waals surface area contributed by atoms with Crippen LogP contribution in [0.15, 0.2) is 41.3 Å². The van der Waals surface area contributed by atoms with Crippen molar-refractivity contribution in [3.8, 4) is 0 Å². The first-order chi connectivity index (χ1) is 10.4. The number of carbonyl (C=O) groups is 1. The molecule has 0 aliphatic heterocycles. The lowest BCUT2D eigenvalue weighted by atomic mass is 10.0. The summed E-state index contributed by atoms with van der Waals surface area (Å²) in [5, 5.41) is 2.88. The standard InChI is InChI=1S/C16H22N4O2/c1-11(2)18-15(21)14(9-13-7-5-4-6-8-13)20-12(3)10-19(17)16(20)22/h4-8,10-11,14H,9,17H2,1-3H3,(H,18,21)/t14-/m1/s1. The molecule has 3 N–H and O–H groups in total. The maximum Gasteiger partial charge on any atom is 0.347 e. The quantitative estimate of drug-likeness (QED) is 0.808. The number of rotatable bonds is 5. The van der Waals surface area contributed by atoms with E-state index in [4.69, 9.17) is 5.84 Å². The molecule has 1 amide bonds. The molecule has 118 valence electrons. The zero-order valence-electron chi connectivity index (χ0n) is 13.1. The van der Waals surface area contributed by atoms with Gasteiger partial charge in [-0.3, -0.25) is 9.36 Å². The number of hydrogen-bond donors (Lipinski definition) is 2. The van der Waals surface area contributed by atoms with Crippen molar-refractivity contribution < 1.29 is 4.79 Å². The average Bonchev–Trinajstić information content (AvgIpc) is 2.70. The number of nitrogens with zero attached hydrogens (tertiary/aromatic N) is 2. The summed E-state index contributed by atoms with van der Waals surface area (Å²) in [6.45, 7) is 5.55. The van der Waals surface area contributed by atoms with Gasteiger partial charge < -0.3 is 11.2 Å². The fraction of sp³-hybridized carbons (Fsp3) is 0.375. The van der Waals surface area contributed by atoms with Gasteiger partial charge in [0.2, 0.25) is 5.91 Å². The molecule has 1 aromatic carbocycles. The van der Waals surface area contributed by atoms with Crippen molar-refractivity contribution in [2.75, 3.05) is 5.84 Å². The molecule has 0 fully saturated rings. The molecule has 0 aliphatic rings. The highest BCUT2D eigenvalue weighted by Crippen LogP contribution is 2.15. The normalized spacial score (nSPS) is 12.4. The van der Waals surface area contributed by atoms with Gasteiger partial charge in [-0.2, -0.15) is 0 Å². The van der Waals surface area contributed by atoms with E-state index in [-0.39, 0.29) is 11.9 Å². The van der Waals surface area contributed by atoms with E-state index in [0.29, 0.717) is 12.1 Å². The molecule has 2 aromatic rings. The summed E-state index contributed by atoms with van der Waals surface area (Å²) in [7, 11) is 0. The molecular weight excluding hydrogens is 280 g/mol. The Kier molecular flexibility index (Phi) is 4.70. The number of benzene rings is 1. The van der Waals surface area contributed by atoms with Crippen molar-refractivity contribution in [1.29, 1.82) is 0 Å². The number of nitrogens with two attached hydrogens (primary N) is 1. The number of aryl methyl sites for hydroxylation is 1. The van der Waals surface area contributed by atoms with Crippen LogP contribution in [0.4, 0.5) is 0 Å². The summed E-state index contributed by atoms with van der Waals surface area (Å²) < 4.78 is 2.46. The molecule has 22 heavy (non-hydrogen) atoms. The van der Waals surface area contributed by atoms with E-state index in [2.05, 4.69) is 5.32 Å². The lowest BCUT2D eigenvalue weighted by Crippen LogP contribution is -2.42. The first-order valence-corrected chi connectivity index (χ1v) is 7.30. The number of carbonyl (C=O) groups excluding carboxylic acids is 1. The molecule has 0 spiro atoms. The second-order valence-corrected chi connectivity index (χ2v) is 5.70. The van der Waals surface area contributed by atoms with Crippen molar-refractivity contribution in [3.63, 3.8) is 0 Å². The average molecular weight is 302 g/mol. The van der Waals surface area contributed by atoms with Crippen LogP contribution in [0.5, 0.6) is 0 Å². The maximum atomic E-state index is 12.6. The Morgan fingerprint density at radius 3 is 2.41 bits per heavy atom. The predicted octanol–water partition coefficient (Wildman–Crippen LogP) is 0.980. The van der Waals surface area contributed by atoms with Crippen molar-refractivity contribution in [3.05, 3.63) is 58.3 Å². The minimum atomic E-state index is -0.623. The molecular formula is C16H22N4O2. The third kappa shape index (κ3) is 3.39. The molecule has 6 heteroatoms. The zero-order chi connectivity index (χ0) is 16.3. The van der Waals surface area contributed by atoms with Crippen LogP contribution in [0.3, 0.4) is 0 Å². The van der Waals surface area contributed by atoms with Crippen molar-refractivity contribution in [2.24, 2.45) is 0 Å². The highest BCUT2D eigenvalue weighted by molar-refractivity contribution is 5.81. The van der Waals surface area contributed by atoms with Crippen molar-refractivity contribution >= 4 is 5.91 Å². The van der Waals surface area contributed by atoms with E-state index in [1.165, 1.54) is 10.8 Å². The Bertz CT molecular complexity index is 701. The maximum absolute atomic E-state index is 12.6. The first kappa shape index (κ1) is 15.9. The van der Waals surface area contributed by atoms with Crippen LogP contribution in [0.2, 0.25) is 0 Å². The summed E-state index contributed by atoms with van der Waals surface area (Å²) in [5.41, 5.74) is 1.26. The highest BCUT2D eigenvalue weighted by Gasteiger charge is 2.25. The minimum absolute atomic E-state index is 0.00161. The van der Waals surface area contributed by atoms with E-state index in [1.54, 1.807) is 6.92 Å². The van der Waals surface area contributed by atoms with Crippen LogP contribution in [0, 0.1) is 6.92 Å². The first-order valence-electron chi connectivity index (χ1n) is 7.30. The fourth-order valence-corrected chi connectivity index (χ4v) is 2.49. The van der Waals surface area contributed by atoms with Crippen molar-refractivity contribution in [2.45, 2.75) is 39.3 Å². The summed E-state index contributed by atoms with van der Waals surface area (Å²) in [5.74, 6) is 5.44. The summed E-state index contributed by atoms with van der Waals surface area (Å²) in [6.07, 6.45) is 1.97. The SMILES string of the molecule is Cc1cn(N)c(=O)n1[C@H](Cc1ccccc1)C(=O)NC(C)C. The molecule has 2 rings (SSSR count). The highest BCUT2D eigenvalue weighted by atomic mass is 16.2. The van der Waals surface area contributed by atoms with Gasteiger partial charge in [-0.05, 0) is 26.3 Å². The van der Waals surface area contributed by atoms with Gasteiger partial charge in [0, 0.05) is 18.2 Å². The molecule has 0 radical (unpaired) electrons. The molecule has 0 saturated heterocycles. The van der Waals surface area contributed by atoms with Crippen molar-refractivity contribution in [1.82, 2.24) is 14.6 Å². The second-order valence-electron chi connectivity index (χ2n) is 5.70. The van der Waals surface area contributed by atoms with Gasteiger partial charge in [0.25, 0.3) is 0 Å². The number of imidazole rings is 1. The fourth-order valence-electron chi connectivity index (χ4n) is 2.49. The predicted molar refractivity (Wildman–Crippen MR) is 86.0 cm³/mol. The van der Waals surface area contributed by atoms with Crippen LogP contribution >= 0.6 is 0 Å². The number of amides is 1. The molecule has 1 aromatic heterocycles. The van der Waals surface area contributed by atoms with E-state index in [0.717, 1.165) is 10.2 Å². The topological polar surface area (TPSA) is 82.0 Å². The Hall–Kier alpha value is -2.50. The molecule has 0 saturated carbocycles. The molecule has 1 atom stereocenters. The van der Waals surface area contributed by atoms with Gasteiger partial charge in [0.15, 0.2) is 0 Å². The molecule has 6 nitrogen and oxygen atoms in total. The smallest absolute Gasteiger partial charge is 0.347 e. The molecule has 0 bridgehead atoms. The summed E-state index contributed by atoms with van der Waals surface area (Å²) >= 11 is 0. The van der Waals surface area contributed by atoms with Gasteiger partial charge >= 0.3 is 5.69 Å². The lowest BCUT2D eigenvalue weighted by molar-refractivity contribution is -0.125. The number of nitrogen functional groups attached to an aromatic ring is 1. The van der Waals surface area contributed by atoms with E-state index in [1.807, 2.05) is 44.2 Å². The largest absolute Gasteiger partial charge is 0.352 e. The summed E-state index contributed by atoms with van der Waals surface area (Å²) in [4.78, 5) is 24.8. The number of nitrogens with one attached hydrogen (secondary N) is 1. The van der Waals surface area contributed by atoms with Crippen LogP contribution in [-0.2, 0) is 11.2 Å². The van der Waals surface area contributed by atoms with Gasteiger partial charge in [-0.1, -0.05) is 30.3 Å². The van der Waals surface area contributed by atoms with E-state index >= 15 is 0 Å². The monoisotopic (exact) mass is 302 g/mol. The Morgan fingerprint density at radius 1 is 1.27 bits per heavy atom. The molecule has 0 aliphatic carbocycles. The Morgan fingerprint density at radius 2 is 1.91 bits per heavy atom. The van der Waals surface area contributed by atoms with Crippen LogP contribution in [0.25, 0.3) is 0 Å². The van der Waals surface area contributed by atoms with Gasteiger partial charge in [0.1, 0.15) is 6.04 Å². The zero-order valence-corrected chi connectivity index (χ0v) is 13.1. The van der Waals surface area contributed by atoms with Gasteiger partial charge in [-0.15, -0.1) is 0 Å². The number of hydrogen-bond acceptors (Lipinski definition) is 3. The lowest BCUT2D eigenvalue weighted by Gasteiger charge is -2.20. The third-order valence-corrected chi connectivity index (χ3v) is 3.45. The van der Waals surface area contributed by atoms with E-state index in [9.17, 15) is 9.59 Å². The van der Waals surface area contributed by atoms with Gasteiger partial charge in [-0.25, -0.2) is 9.47 Å². The second kappa shape index (κ2) is 6.51. The van der Waals surface area contributed by atoms with Crippen LogP contribution in [0.1, 0.15) is 31.1 Å².